The zero-order chi connectivity index (χ0) is 19.2. The summed E-state index contributed by atoms with van der Waals surface area (Å²) in [6.07, 6.45) is 3.68. The number of ether oxygens (including phenoxy) is 2. The topological polar surface area (TPSA) is 68.7 Å². The summed E-state index contributed by atoms with van der Waals surface area (Å²) in [7, 11) is 1.60. The van der Waals surface area contributed by atoms with Crippen LogP contribution < -0.4 is 9.47 Å². The molecule has 1 N–H and O–H groups in total. The minimum Gasteiger partial charge on any atom is -0.493 e. The number of rotatable bonds is 7. The van der Waals surface area contributed by atoms with Gasteiger partial charge in [0.15, 0.2) is 11.5 Å². The Morgan fingerprint density at radius 2 is 1.93 bits per heavy atom. The number of nitrogens with zero attached hydrogens (tertiary/aromatic N) is 1. The Morgan fingerprint density at radius 1 is 1.15 bits per heavy atom. The van der Waals surface area contributed by atoms with Gasteiger partial charge in [-0.05, 0) is 30.7 Å². The average molecular weight is 381 g/mol. The number of benzene rings is 2. The number of methoxy groups -OCH3 is 1. The highest BCUT2D eigenvalue weighted by atomic mass is 32.1. The number of carboxylic acid groups (broad SMARTS) is 1. The molecular formula is C21H19NO4S. The van der Waals surface area contributed by atoms with Crippen LogP contribution in [-0.2, 0) is 0 Å². The largest absolute Gasteiger partial charge is 0.493 e. The number of hydrogen-bond donors (Lipinski definition) is 1. The van der Waals surface area contributed by atoms with Crippen LogP contribution in [0.4, 0.5) is 0 Å². The van der Waals surface area contributed by atoms with Crippen molar-refractivity contribution in [3.63, 3.8) is 0 Å². The van der Waals surface area contributed by atoms with Crippen molar-refractivity contribution < 1.29 is 19.4 Å². The first kappa shape index (κ1) is 18.7. The highest BCUT2D eigenvalue weighted by molar-refractivity contribution is 7.15. The lowest BCUT2D eigenvalue weighted by Crippen LogP contribution is -1.95. The lowest BCUT2D eigenvalue weighted by molar-refractivity contribution is 0.0702. The van der Waals surface area contributed by atoms with Gasteiger partial charge in [-0.1, -0.05) is 42.5 Å². The Kier molecular flexibility index (Phi) is 5.88. The number of aromatic carboxylic acids is 1. The molecule has 0 amide bonds. The van der Waals surface area contributed by atoms with Crippen molar-refractivity contribution in [2.45, 2.75) is 6.92 Å². The van der Waals surface area contributed by atoms with Gasteiger partial charge in [0.05, 0.1) is 19.4 Å². The van der Waals surface area contributed by atoms with E-state index in [1.54, 1.807) is 13.2 Å². The van der Waals surface area contributed by atoms with Gasteiger partial charge in [-0.2, -0.15) is 0 Å². The van der Waals surface area contributed by atoms with Gasteiger partial charge in [0.2, 0.25) is 0 Å². The van der Waals surface area contributed by atoms with E-state index in [9.17, 15) is 9.90 Å². The standard InChI is InChI=1S/C21H19NO4S/c1-3-26-17-13-14(9-11-16(17)25-2)10-12-18-22-19(20(27-18)21(23)24)15-7-5-4-6-8-15/h4-13H,3H2,1-2H3,(H,23,24)/b12-10+. The van der Waals surface area contributed by atoms with Gasteiger partial charge in [-0.25, -0.2) is 9.78 Å². The van der Waals surface area contributed by atoms with Crippen LogP contribution in [0.25, 0.3) is 23.4 Å². The van der Waals surface area contributed by atoms with Gasteiger partial charge >= 0.3 is 5.97 Å². The third-order valence-corrected chi connectivity index (χ3v) is 4.80. The molecule has 0 atom stereocenters. The second-order valence-corrected chi connectivity index (χ2v) is 6.61. The molecule has 0 aliphatic rings. The molecule has 0 aliphatic heterocycles. The van der Waals surface area contributed by atoms with E-state index in [1.807, 2.05) is 61.5 Å². The van der Waals surface area contributed by atoms with E-state index in [0.29, 0.717) is 28.8 Å². The number of thiazole rings is 1. The molecule has 3 aromatic rings. The van der Waals surface area contributed by atoms with Crippen molar-refractivity contribution in [1.29, 1.82) is 0 Å². The van der Waals surface area contributed by atoms with Gasteiger partial charge in [0.25, 0.3) is 0 Å². The summed E-state index contributed by atoms with van der Waals surface area (Å²) < 4.78 is 10.9. The van der Waals surface area contributed by atoms with E-state index in [2.05, 4.69) is 4.98 Å². The number of carbonyl (C=O) groups is 1. The van der Waals surface area contributed by atoms with Gasteiger partial charge in [0.1, 0.15) is 9.88 Å². The molecule has 2 aromatic carbocycles. The summed E-state index contributed by atoms with van der Waals surface area (Å²) in [5.41, 5.74) is 2.18. The molecule has 0 bridgehead atoms. The average Bonchev–Trinajstić information content (AvgIpc) is 3.12. The van der Waals surface area contributed by atoms with Crippen LogP contribution in [0.1, 0.15) is 27.2 Å². The van der Waals surface area contributed by atoms with Crippen molar-refractivity contribution in [3.8, 4) is 22.8 Å². The molecule has 0 fully saturated rings. The van der Waals surface area contributed by atoms with Crippen molar-refractivity contribution in [2.24, 2.45) is 0 Å². The lowest BCUT2D eigenvalue weighted by atomic mass is 10.1. The molecule has 138 valence electrons. The van der Waals surface area contributed by atoms with E-state index < -0.39 is 5.97 Å². The van der Waals surface area contributed by atoms with Gasteiger partial charge in [-0.3, -0.25) is 0 Å². The van der Waals surface area contributed by atoms with Crippen LogP contribution in [0.2, 0.25) is 0 Å². The molecule has 27 heavy (non-hydrogen) atoms. The van der Waals surface area contributed by atoms with Crippen LogP contribution in [0.5, 0.6) is 11.5 Å². The summed E-state index contributed by atoms with van der Waals surface area (Å²) in [4.78, 5) is 16.3. The van der Waals surface area contributed by atoms with Crippen LogP contribution in [0.3, 0.4) is 0 Å². The number of hydrogen-bond acceptors (Lipinski definition) is 5. The highest BCUT2D eigenvalue weighted by Crippen LogP contribution is 2.31. The molecule has 0 unspecified atom stereocenters. The number of aromatic nitrogens is 1. The summed E-state index contributed by atoms with van der Waals surface area (Å²) >= 11 is 1.15. The predicted octanol–water partition coefficient (Wildman–Crippen LogP) is 5.09. The Balaban J connectivity index is 1.92. The molecule has 0 radical (unpaired) electrons. The van der Waals surface area contributed by atoms with Crippen molar-refractivity contribution in [3.05, 3.63) is 64.0 Å². The maximum atomic E-state index is 11.6. The van der Waals surface area contributed by atoms with Crippen LogP contribution in [-0.4, -0.2) is 29.8 Å². The lowest BCUT2D eigenvalue weighted by Gasteiger charge is -2.09. The Hall–Kier alpha value is -3.12. The summed E-state index contributed by atoms with van der Waals surface area (Å²) in [5.74, 6) is 0.356. The second-order valence-electron chi connectivity index (χ2n) is 5.58. The molecule has 0 aliphatic carbocycles. The van der Waals surface area contributed by atoms with E-state index in [0.717, 1.165) is 22.5 Å². The molecule has 3 rings (SSSR count). The summed E-state index contributed by atoms with van der Waals surface area (Å²) in [6, 6.07) is 14.9. The minimum atomic E-state index is -0.978. The van der Waals surface area contributed by atoms with Gasteiger partial charge in [0, 0.05) is 5.56 Å². The third kappa shape index (κ3) is 4.35. The predicted molar refractivity (Wildman–Crippen MR) is 108 cm³/mol. The Labute approximate surface area is 161 Å². The van der Waals surface area contributed by atoms with Crippen molar-refractivity contribution >= 4 is 29.5 Å². The first-order chi connectivity index (χ1) is 13.1. The van der Waals surface area contributed by atoms with E-state index >= 15 is 0 Å². The number of carboxylic acids is 1. The van der Waals surface area contributed by atoms with E-state index in [1.165, 1.54) is 0 Å². The first-order valence-electron chi connectivity index (χ1n) is 8.40. The maximum Gasteiger partial charge on any atom is 0.348 e. The first-order valence-corrected chi connectivity index (χ1v) is 9.22. The summed E-state index contributed by atoms with van der Waals surface area (Å²) in [6.45, 7) is 2.45. The van der Waals surface area contributed by atoms with Gasteiger partial charge in [-0.15, -0.1) is 11.3 Å². The minimum absolute atomic E-state index is 0.227. The smallest absolute Gasteiger partial charge is 0.348 e. The monoisotopic (exact) mass is 381 g/mol. The molecule has 5 nitrogen and oxygen atoms in total. The van der Waals surface area contributed by atoms with Crippen molar-refractivity contribution in [2.75, 3.05) is 13.7 Å². The zero-order valence-corrected chi connectivity index (χ0v) is 15.8. The fourth-order valence-electron chi connectivity index (χ4n) is 2.58. The molecule has 0 saturated heterocycles. The molecule has 6 heteroatoms. The molecule has 1 aromatic heterocycles. The van der Waals surface area contributed by atoms with Gasteiger partial charge < -0.3 is 14.6 Å². The fourth-order valence-corrected chi connectivity index (χ4v) is 3.41. The van der Waals surface area contributed by atoms with E-state index in [4.69, 9.17) is 9.47 Å². The SMILES string of the molecule is CCOc1cc(/C=C/c2nc(-c3ccccc3)c(C(=O)O)s2)ccc1OC. The quantitative estimate of drug-likeness (QED) is 0.618. The summed E-state index contributed by atoms with van der Waals surface area (Å²) in [5, 5.41) is 10.1. The highest BCUT2D eigenvalue weighted by Gasteiger charge is 2.17. The second kappa shape index (κ2) is 8.51. The maximum absolute atomic E-state index is 11.6. The van der Waals surface area contributed by atoms with Crippen molar-refractivity contribution in [1.82, 2.24) is 4.98 Å². The van der Waals surface area contributed by atoms with Crippen LogP contribution >= 0.6 is 11.3 Å². The fraction of sp³-hybridized carbons (Fsp3) is 0.143. The Bertz CT molecular complexity index is 964. The molecule has 1 heterocycles. The molecular weight excluding hydrogens is 362 g/mol. The third-order valence-electron chi connectivity index (χ3n) is 3.79. The molecule has 0 saturated carbocycles. The molecule has 0 spiro atoms. The van der Waals surface area contributed by atoms with Crippen LogP contribution in [0.15, 0.2) is 48.5 Å². The zero-order valence-electron chi connectivity index (χ0n) is 15.0. The van der Waals surface area contributed by atoms with E-state index in [-0.39, 0.29) is 4.88 Å². The Morgan fingerprint density at radius 3 is 2.59 bits per heavy atom. The van der Waals surface area contributed by atoms with Crippen LogP contribution in [0, 0.1) is 0 Å². The normalized spacial score (nSPS) is 10.9.